The summed E-state index contributed by atoms with van der Waals surface area (Å²) in [4.78, 5) is 0. The van der Waals surface area contributed by atoms with Gasteiger partial charge in [0.05, 0.1) is 0 Å². The Hall–Kier alpha value is -6.64. The fourth-order valence-electron chi connectivity index (χ4n) is 8.28. The van der Waals surface area contributed by atoms with E-state index in [0.29, 0.717) is 0 Å². The van der Waals surface area contributed by atoms with Gasteiger partial charge in [-0.2, -0.15) is 0 Å². The summed E-state index contributed by atoms with van der Waals surface area (Å²) in [6.07, 6.45) is 0. The number of fused-ring (bicyclic) bond motifs is 10. The second kappa shape index (κ2) is 10.4. The van der Waals surface area contributed by atoms with Crippen molar-refractivity contribution in [3.05, 3.63) is 170 Å². The Kier molecular flexibility index (Phi) is 5.70. The minimum atomic E-state index is 0.868. The van der Waals surface area contributed by atoms with Crippen molar-refractivity contribution >= 4 is 76.2 Å². The molecular formula is C48H28O2. The predicted molar refractivity (Wildman–Crippen MR) is 210 cm³/mol. The molecule has 2 nitrogen and oxygen atoms in total. The van der Waals surface area contributed by atoms with Crippen molar-refractivity contribution in [1.82, 2.24) is 0 Å². The summed E-state index contributed by atoms with van der Waals surface area (Å²) in [5, 5.41) is 11.8. The smallest absolute Gasteiger partial charge is 0.136 e. The van der Waals surface area contributed by atoms with E-state index in [1.54, 1.807) is 0 Å². The lowest BCUT2D eigenvalue weighted by atomic mass is 9.84. The molecule has 0 aliphatic carbocycles. The largest absolute Gasteiger partial charge is 0.456 e. The minimum Gasteiger partial charge on any atom is -0.456 e. The normalized spacial score (nSPS) is 12.0. The van der Waals surface area contributed by atoms with Gasteiger partial charge in [-0.15, -0.1) is 0 Å². The van der Waals surface area contributed by atoms with Gasteiger partial charge in [0.2, 0.25) is 0 Å². The second-order valence-electron chi connectivity index (χ2n) is 13.2. The van der Waals surface area contributed by atoms with Crippen LogP contribution in [0, 0.1) is 0 Å². The van der Waals surface area contributed by atoms with Gasteiger partial charge in [0.25, 0.3) is 0 Å². The molecule has 0 N–H and O–H groups in total. The molecule has 232 valence electrons. The van der Waals surface area contributed by atoms with Gasteiger partial charge in [0.15, 0.2) is 0 Å². The van der Waals surface area contributed by atoms with Crippen LogP contribution >= 0.6 is 0 Å². The summed E-state index contributed by atoms with van der Waals surface area (Å²) in [7, 11) is 0. The van der Waals surface area contributed by atoms with E-state index < -0.39 is 0 Å². The van der Waals surface area contributed by atoms with Gasteiger partial charge >= 0.3 is 0 Å². The number of hydrogen-bond acceptors (Lipinski definition) is 2. The summed E-state index contributed by atoms with van der Waals surface area (Å²) in [5.74, 6) is 0. The molecule has 2 heterocycles. The Morgan fingerprint density at radius 3 is 1.56 bits per heavy atom. The Balaban J connectivity index is 1.19. The van der Waals surface area contributed by atoms with Gasteiger partial charge in [-0.05, 0) is 102 Å². The fourth-order valence-corrected chi connectivity index (χ4v) is 8.28. The van der Waals surface area contributed by atoms with Crippen molar-refractivity contribution in [1.29, 1.82) is 0 Å². The van der Waals surface area contributed by atoms with E-state index in [9.17, 15) is 0 Å². The third kappa shape index (κ3) is 3.90. The quantitative estimate of drug-likeness (QED) is 0.180. The second-order valence-corrected chi connectivity index (χ2v) is 13.2. The first-order valence-electron chi connectivity index (χ1n) is 17.1. The van der Waals surface area contributed by atoms with Gasteiger partial charge in [-0.25, -0.2) is 0 Å². The number of rotatable bonds is 3. The van der Waals surface area contributed by atoms with Gasteiger partial charge < -0.3 is 8.83 Å². The lowest BCUT2D eigenvalue weighted by molar-refractivity contribution is 0.663. The van der Waals surface area contributed by atoms with Crippen LogP contribution in [-0.4, -0.2) is 0 Å². The lowest BCUT2D eigenvalue weighted by Gasteiger charge is -2.19. The maximum absolute atomic E-state index is 6.46. The molecule has 11 aromatic rings. The molecule has 0 fully saturated rings. The molecule has 2 aromatic heterocycles. The van der Waals surface area contributed by atoms with E-state index in [1.807, 2.05) is 24.3 Å². The Bertz CT molecular complexity index is 3080. The first kappa shape index (κ1) is 27.3. The average Bonchev–Trinajstić information content (AvgIpc) is 3.74. The molecule has 0 amide bonds. The third-order valence-electron chi connectivity index (χ3n) is 10.5. The maximum Gasteiger partial charge on any atom is 0.136 e. The van der Waals surface area contributed by atoms with Crippen molar-refractivity contribution < 1.29 is 8.83 Å². The monoisotopic (exact) mass is 636 g/mol. The zero-order valence-electron chi connectivity index (χ0n) is 27.0. The molecule has 11 rings (SSSR count). The van der Waals surface area contributed by atoms with Crippen LogP contribution < -0.4 is 0 Å². The highest BCUT2D eigenvalue weighted by molar-refractivity contribution is 6.27. The molecule has 50 heavy (non-hydrogen) atoms. The molecule has 0 bridgehead atoms. The average molecular weight is 637 g/mol. The summed E-state index contributed by atoms with van der Waals surface area (Å²) >= 11 is 0. The van der Waals surface area contributed by atoms with Gasteiger partial charge in [-0.3, -0.25) is 0 Å². The first-order chi connectivity index (χ1) is 24.8. The van der Waals surface area contributed by atoms with Crippen LogP contribution in [0.2, 0.25) is 0 Å². The van der Waals surface area contributed by atoms with Crippen molar-refractivity contribution in [3.8, 4) is 33.4 Å². The zero-order chi connectivity index (χ0) is 32.8. The predicted octanol–water partition coefficient (Wildman–Crippen LogP) is 13.9. The number of furan rings is 2. The Morgan fingerprint density at radius 2 is 0.840 bits per heavy atom. The van der Waals surface area contributed by atoms with Crippen molar-refractivity contribution in [2.75, 3.05) is 0 Å². The summed E-state index contributed by atoms with van der Waals surface area (Å²) in [6, 6.07) is 60.9. The molecule has 0 saturated heterocycles. The molecule has 0 saturated carbocycles. The fraction of sp³-hybridized carbons (Fsp3) is 0. The molecule has 2 heteroatoms. The summed E-state index contributed by atoms with van der Waals surface area (Å²) < 4.78 is 12.7. The highest BCUT2D eigenvalue weighted by Gasteiger charge is 2.20. The van der Waals surface area contributed by atoms with E-state index in [0.717, 1.165) is 49.4 Å². The highest BCUT2D eigenvalue weighted by Crippen LogP contribution is 2.47. The van der Waals surface area contributed by atoms with Crippen LogP contribution in [0.25, 0.3) is 110 Å². The highest BCUT2D eigenvalue weighted by atomic mass is 16.3. The number of hydrogen-bond donors (Lipinski definition) is 0. The first-order valence-corrected chi connectivity index (χ1v) is 17.1. The molecular weight excluding hydrogens is 609 g/mol. The number of para-hydroxylation sites is 1. The minimum absolute atomic E-state index is 0.868. The van der Waals surface area contributed by atoms with E-state index in [2.05, 4.69) is 146 Å². The zero-order valence-corrected chi connectivity index (χ0v) is 27.0. The van der Waals surface area contributed by atoms with E-state index in [-0.39, 0.29) is 0 Å². The van der Waals surface area contributed by atoms with Gasteiger partial charge in [0, 0.05) is 21.5 Å². The Morgan fingerprint density at radius 1 is 0.280 bits per heavy atom. The van der Waals surface area contributed by atoms with Crippen molar-refractivity contribution in [3.63, 3.8) is 0 Å². The lowest BCUT2D eigenvalue weighted by Crippen LogP contribution is -1.91. The molecule has 0 radical (unpaired) electrons. The van der Waals surface area contributed by atoms with Crippen LogP contribution in [0.1, 0.15) is 0 Å². The topological polar surface area (TPSA) is 26.3 Å². The summed E-state index contributed by atoms with van der Waals surface area (Å²) in [6.45, 7) is 0. The van der Waals surface area contributed by atoms with E-state index in [1.165, 1.54) is 60.1 Å². The number of benzene rings is 9. The van der Waals surface area contributed by atoms with Crippen molar-refractivity contribution in [2.24, 2.45) is 0 Å². The molecule has 0 unspecified atom stereocenters. The van der Waals surface area contributed by atoms with E-state index >= 15 is 0 Å². The van der Waals surface area contributed by atoms with Gasteiger partial charge in [0.1, 0.15) is 22.3 Å². The maximum atomic E-state index is 6.46. The van der Waals surface area contributed by atoms with Crippen LogP contribution in [-0.2, 0) is 0 Å². The van der Waals surface area contributed by atoms with Crippen LogP contribution in [0.3, 0.4) is 0 Å². The summed E-state index contributed by atoms with van der Waals surface area (Å²) in [5.41, 5.74) is 10.8. The Labute approximate surface area is 287 Å². The third-order valence-corrected chi connectivity index (χ3v) is 10.5. The molecule has 0 atom stereocenters. The van der Waals surface area contributed by atoms with Crippen LogP contribution in [0.15, 0.2) is 179 Å². The molecule has 0 aliphatic rings. The molecule has 9 aromatic carbocycles. The van der Waals surface area contributed by atoms with Crippen LogP contribution in [0.4, 0.5) is 0 Å². The SMILES string of the molecule is c1ccc(-c2ccc3c(-c4c5ccccc5c(-c5ccc6oc7ccc8oc9ccccc9c8c7c6c5)c5ccccc45)cccc3c2)cc1. The van der Waals surface area contributed by atoms with Crippen LogP contribution in [0.5, 0.6) is 0 Å². The standard InChI is InChI=1S/C48H28O2/c1-2-11-29(12-3-1)30-21-23-33-31(27-30)13-10-19-34(33)46-37-16-6-4-14-35(37)45(36-15-5-7-17-38(36)46)32-22-24-42-40(28-32)48-44(50-42)26-25-43-47(48)39-18-8-9-20-41(39)49-43/h1-28H. The molecule has 0 aliphatic heterocycles. The molecule has 0 spiro atoms. The van der Waals surface area contributed by atoms with Crippen molar-refractivity contribution in [2.45, 2.75) is 0 Å². The van der Waals surface area contributed by atoms with Gasteiger partial charge in [-0.1, -0.05) is 133 Å². The van der Waals surface area contributed by atoms with E-state index in [4.69, 9.17) is 8.83 Å².